The molecule has 0 amide bonds. The lowest BCUT2D eigenvalue weighted by molar-refractivity contribution is 0.581. The summed E-state index contributed by atoms with van der Waals surface area (Å²) in [7, 11) is 0. The van der Waals surface area contributed by atoms with Crippen LogP contribution in [0.1, 0.15) is 11.4 Å². The summed E-state index contributed by atoms with van der Waals surface area (Å²) in [6, 6.07) is 10.5. The minimum atomic E-state index is -0.670. The number of nitrogen functional groups attached to an aromatic ring is 1. The molecule has 4 nitrogen and oxygen atoms in total. The normalized spacial score (nSPS) is 10.8. The van der Waals surface area contributed by atoms with Crippen molar-refractivity contribution in [2.24, 2.45) is 0 Å². The lowest BCUT2D eigenvalue weighted by Gasteiger charge is -2.08. The summed E-state index contributed by atoms with van der Waals surface area (Å²) in [5, 5.41) is 6.79. The Morgan fingerprint density at radius 3 is 2.36 bits per heavy atom. The summed E-state index contributed by atoms with van der Waals surface area (Å²) in [5.74, 6) is -0.784. The van der Waals surface area contributed by atoms with Crippen LogP contribution in [0.15, 0.2) is 42.5 Å². The molecule has 0 radical (unpaired) electrons. The predicted molar refractivity (Wildman–Crippen MR) is 82.3 cm³/mol. The Labute approximate surface area is 130 Å². The molecule has 112 valence electrons. The highest BCUT2D eigenvalue weighted by molar-refractivity contribution is 7.71. The van der Waals surface area contributed by atoms with Crippen molar-refractivity contribution < 1.29 is 8.78 Å². The van der Waals surface area contributed by atoms with Crippen molar-refractivity contribution in [3.8, 4) is 5.69 Å². The fraction of sp³-hybridized carbons (Fsp3) is 0.0667. The first-order valence-electron chi connectivity index (χ1n) is 6.50. The molecule has 0 bridgehead atoms. The molecular formula is C15H12F2N4S. The van der Waals surface area contributed by atoms with Crippen LogP contribution in [0.3, 0.4) is 0 Å². The van der Waals surface area contributed by atoms with Crippen molar-refractivity contribution >= 4 is 17.9 Å². The topological polar surface area (TPSA) is 59.6 Å². The Kier molecular flexibility index (Phi) is 3.72. The van der Waals surface area contributed by atoms with Crippen LogP contribution in [0.25, 0.3) is 5.69 Å². The van der Waals surface area contributed by atoms with Gasteiger partial charge >= 0.3 is 0 Å². The first-order valence-corrected chi connectivity index (χ1v) is 6.91. The summed E-state index contributed by atoms with van der Waals surface area (Å²) in [6.07, 6.45) is 0.450. The van der Waals surface area contributed by atoms with E-state index in [1.54, 1.807) is 12.1 Å². The Morgan fingerprint density at radius 2 is 1.73 bits per heavy atom. The average Bonchev–Trinajstić information content (AvgIpc) is 2.81. The van der Waals surface area contributed by atoms with Gasteiger partial charge in [-0.05, 0) is 42.0 Å². The molecule has 3 N–H and O–H groups in total. The highest BCUT2D eigenvalue weighted by Crippen LogP contribution is 2.17. The third kappa shape index (κ3) is 2.89. The Morgan fingerprint density at radius 1 is 1.09 bits per heavy atom. The number of aromatic nitrogens is 3. The number of nitrogens with two attached hydrogens (primary N) is 1. The van der Waals surface area contributed by atoms with Gasteiger partial charge in [0.1, 0.15) is 17.5 Å². The van der Waals surface area contributed by atoms with Gasteiger partial charge in [0.05, 0.1) is 5.69 Å². The number of benzene rings is 2. The maximum Gasteiger partial charge on any atom is 0.199 e. The maximum atomic E-state index is 13.4. The molecule has 3 aromatic rings. The van der Waals surface area contributed by atoms with Crippen molar-refractivity contribution in [2.75, 3.05) is 5.73 Å². The van der Waals surface area contributed by atoms with E-state index in [1.807, 2.05) is 12.1 Å². The molecule has 0 aliphatic rings. The third-order valence-corrected chi connectivity index (χ3v) is 3.46. The molecule has 0 unspecified atom stereocenters. The summed E-state index contributed by atoms with van der Waals surface area (Å²) in [4.78, 5) is 0. The Bertz CT molecular complexity index is 848. The van der Waals surface area contributed by atoms with Gasteiger partial charge in [-0.3, -0.25) is 9.67 Å². The molecule has 22 heavy (non-hydrogen) atoms. The van der Waals surface area contributed by atoms with Gasteiger partial charge < -0.3 is 5.73 Å². The molecular weight excluding hydrogens is 306 g/mol. The SMILES string of the molecule is Nc1ccc(Cc2n[nH]c(=S)n2-c2cc(F)cc(F)c2)cc1. The number of rotatable bonds is 3. The first-order chi connectivity index (χ1) is 10.5. The second-order valence-corrected chi connectivity index (χ2v) is 5.21. The molecule has 7 heteroatoms. The molecule has 0 atom stereocenters. The van der Waals surface area contributed by atoms with E-state index in [2.05, 4.69) is 10.2 Å². The number of anilines is 1. The van der Waals surface area contributed by atoms with Crippen LogP contribution < -0.4 is 5.73 Å². The molecule has 1 heterocycles. The molecule has 2 aromatic carbocycles. The number of hydrogen-bond donors (Lipinski definition) is 2. The maximum absolute atomic E-state index is 13.4. The molecule has 0 spiro atoms. The van der Waals surface area contributed by atoms with Crippen molar-refractivity contribution in [3.05, 3.63) is 70.3 Å². The number of halogens is 2. The number of aromatic amines is 1. The summed E-state index contributed by atoms with van der Waals surface area (Å²) < 4.78 is 28.6. The van der Waals surface area contributed by atoms with Crippen LogP contribution in [0.2, 0.25) is 0 Å². The van der Waals surface area contributed by atoms with Gasteiger partial charge in [-0.2, -0.15) is 5.10 Å². The van der Waals surface area contributed by atoms with Crippen LogP contribution in [0.4, 0.5) is 14.5 Å². The molecule has 0 saturated carbocycles. The predicted octanol–water partition coefficient (Wildman–Crippen LogP) is 3.38. The molecule has 0 fully saturated rings. The van der Waals surface area contributed by atoms with Gasteiger partial charge in [0.2, 0.25) is 0 Å². The van der Waals surface area contributed by atoms with Crippen molar-refractivity contribution in [2.45, 2.75) is 6.42 Å². The molecule has 0 saturated heterocycles. The highest BCUT2D eigenvalue weighted by Gasteiger charge is 2.11. The number of nitrogens with zero attached hydrogens (tertiary/aromatic N) is 2. The van der Waals surface area contributed by atoms with Crippen LogP contribution in [0.5, 0.6) is 0 Å². The molecule has 0 aliphatic carbocycles. The van der Waals surface area contributed by atoms with E-state index in [1.165, 1.54) is 16.7 Å². The quantitative estimate of drug-likeness (QED) is 0.575. The van der Waals surface area contributed by atoms with Gasteiger partial charge in [0.25, 0.3) is 0 Å². The standard InChI is InChI=1S/C15H12F2N4S/c16-10-6-11(17)8-13(7-10)21-14(19-20-15(21)22)5-9-1-3-12(18)4-2-9/h1-4,6-8H,5,18H2,(H,20,22). The fourth-order valence-electron chi connectivity index (χ4n) is 2.20. The average molecular weight is 318 g/mol. The summed E-state index contributed by atoms with van der Waals surface area (Å²) in [6.45, 7) is 0. The van der Waals surface area contributed by atoms with Crippen LogP contribution in [0, 0.1) is 16.4 Å². The Hall–Kier alpha value is -2.54. The van der Waals surface area contributed by atoms with E-state index < -0.39 is 11.6 Å². The monoisotopic (exact) mass is 318 g/mol. The molecule has 0 aliphatic heterocycles. The number of nitrogens with one attached hydrogen (secondary N) is 1. The zero-order valence-corrected chi connectivity index (χ0v) is 12.2. The van der Waals surface area contributed by atoms with Gasteiger partial charge in [0.15, 0.2) is 4.77 Å². The lowest BCUT2D eigenvalue weighted by Crippen LogP contribution is -2.03. The summed E-state index contributed by atoms with van der Waals surface area (Å²) in [5.41, 5.74) is 7.57. The minimum Gasteiger partial charge on any atom is -0.399 e. The summed E-state index contributed by atoms with van der Waals surface area (Å²) >= 11 is 5.16. The van der Waals surface area contributed by atoms with Gasteiger partial charge in [0, 0.05) is 18.2 Å². The zero-order valence-electron chi connectivity index (χ0n) is 11.4. The molecule has 3 rings (SSSR count). The van der Waals surface area contributed by atoms with Crippen LogP contribution in [-0.2, 0) is 6.42 Å². The lowest BCUT2D eigenvalue weighted by atomic mass is 10.1. The second kappa shape index (κ2) is 5.69. The highest BCUT2D eigenvalue weighted by atomic mass is 32.1. The second-order valence-electron chi connectivity index (χ2n) is 4.83. The van der Waals surface area contributed by atoms with Gasteiger partial charge in [-0.15, -0.1) is 0 Å². The van der Waals surface area contributed by atoms with E-state index in [-0.39, 0.29) is 4.77 Å². The largest absolute Gasteiger partial charge is 0.399 e. The fourth-order valence-corrected chi connectivity index (χ4v) is 2.46. The smallest absolute Gasteiger partial charge is 0.199 e. The van der Waals surface area contributed by atoms with E-state index in [0.29, 0.717) is 23.6 Å². The van der Waals surface area contributed by atoms with E-state index in [9.17, 15) is 8.78 Å². The van der Waals surface area contributed by atoms with Crippen molar-refractivity contribution in [1.29, 1.82) is 0 Å². The van der Waals surface area contributed by atoms with Crippen molar-refractivity contribution in [3.63, 3.8) is 0 Å². The number of H-pyrrole nitrogens is 1. The third-order valence-electron chi connectivity index (χ3n) is 3.19. The van der Waals surface area contributed by atoms with Crippen LogP contribution in [-0.4, -0.2) is 14.8 Å². The van der Waals surface area contributed by atoms with E-state index in [0.717, 1.165) is 11.6 Å². The van der Waals surface area contributed by atoms with Crippen molar-refractivity contribution in [1.82, 2.24) is 14.8 Å². The minimum absolute atomic E-state index is 0.274. The Balaban J connectivity index is 2.04. The van der Waals surface area contributed by atoms with E-state index in [4.69, 9.17) is 18.0 Å². The zero-order chi connectivity index (χ0) is 15.7. The first kappa shape index (κ1) is 14.4. The van der Waals surface area contributed by atoms with E-state index >= 15 is 0 Å². The van der Waals surface area contributed by atoms with Gasteiger partial charge in [-0.1, -0.05) is 12.1 Å². The van der Waals surface area contributed by atoms with Crippen LogP contribution >= 0.6 is 12.2 Å². The van der Waals surface area contributed by atoms with Gasteiger partial charge in [-0.25, -0.2) is 8.78 Å². The molecule has 1 aromatic heterocycles. The number of hydrogen-bond acceptors (Lipinski definition) is 3.